The Balaban J connectivity index is 2.05. The minimum Gasteiger partial charge on any atom is -0.352 e. The lowest BCUT2D eigenvalue weighted by molar-refractivity contribution is 0.476. The Labute approximate surface area is 179 Å². The molecule has 8 heteroatoms. The van der Waals surface area contributed by atoms with Crippen molar-refractivity contribution in [3.05, 3.63) is 70.2 Å². The number of nitrogens with zero attached hydrogens (tertiary/aromatic N) is 2. The fourth-order valence-electron chi connectivity index (χ4n) is 2.97. The van der Waals surface area contributed by atoms with Crippen LogP contribution in [0.15, 0.2) is 53.5 Å². The van der Waals surface area contributed by atoms with Crippen LogP contribution in [-0.4, -0.2) is 39.4 Å². The number of hydrogen-bond donors (Lipinski definition) is 2. The maximum absolute atomic E-state index is 12.3. The van der Waals surface area contributed by atoms with E-state index in [1.54, 1.807) is 7.05 Å². The zero-order valence-electron chi connectivity index (χ0n) is 17.3. The molecule has 0 saturated carbocycles. The predicted octanol–water partition coefficient (Wildman–Crippen LogP) is 3.38. The summed E-state index contributed by atoms with van der Waals surface area (Å²) < 4.78 is 27.3. The summed E-state index contributed by atoms with van der Waals surface area (Å²) in [5.41, 5.74) is 2.80. The van der Waals surface area contributed by atoms with E-state index in [1.807, 2.05) is 74.3 Å². The van der Waals surface area contributed by atoms with Gasteiger partial charge in [0.2, 0.25) is 10.0 Å². The molecule has 0 aliphatic heterocycles. The molecule has 0 saturated heterocycles. The summed E-state index contributed by atoms with van der Waals surface area (Å²) in [6, 6.07) is 15.1. The normalized spacial score (nSPS) is 12.3. The lowest BCUT2D eigenvalue weighted by atomic mass is 10.1. The van der Waals surface area contributed by atoms with Crippen molar-refractivity contribution in [3.8, 4) is 0 Å². The van der Waals surface area contributed by atoms with Crippen LogP contribution in [0.3, 0.4) is 0 Å². The standard InChI is InChI=1S/C21H29ClN4O2S/c1-16(2)25-29(27,28)15-19-8-6-5-7-18(19)13-24-21(23-3)26(4)14-17-9-11-20(22)12-10-17/h5-12,16,25H,13-15H2,1-4H3,(H,23,24). The Hall–Kier alpha value is -2.09. The first-order chi connectivity index (χ1) is 13.7. The second kappa shape index (κ2) is 10.6. The van der Waals surface area contributed by atoms with Crippen LogP contribution in [0, 0.1) is 0 Å². The second-order valence-corrected chi connectivity index (χ2v) is 9.37. The van der Waals surface area contributed by atoms with Crippen LogP contribution < -0.4 is 10.0 Å². The van der Waals surface area contributed by atoms with Gasteiger partial charge in [-0.2, -0.15) is 0 Å². The molecule has 0 atom stereocenters. The highest BCUT2D eigenvalue weighted by Crippen LogP contribution is 2.14. The number of guanidine groups is 1. The molecule has 0 bridgehead atoms. The van der Waals surface area contributed by atoms with Gasteiger partial charge in [-0.1, -0.05) is 48.0 Å². The summed E-state index contributed by atoms with van der Waals surface area (Å²) in [6.45, 7) is 4.77. The molecular weight excluding hydrogens is 408 g/mol. The number of sulfonamides is 1. The van der Waals surface area contributed by atoms with Crippen molar-refractivity contribution in [2.45, 2.75) is 38.7 Å². The van der Waals surface area contributed by atoms with Crippen LogP contribution in [0.2, 0.25) is 5.02 Å². The van der Waals surface area contributed by atoms with E-state index < -0.39 is 10.0 Å². The van der Waals surface area contributed by atoms with Gasteiger partial charge < -0.3 is 10.2 Å². The minimum absolute atomic E-state index is 0.0533. The molecule has 0 unspecified atom stereocenters. The smallest absolute Gasteiger partial charge is 0.216 e. The molecule has 2 aromatic carbocycles. The highest BCUT2D eigenvalue weighted by Gasteiger charge is 2.16. The van der Waals surface area contributed by atoms with E-state index in [1.165, 1.54) is 0 Å². The molecular formula is C21H29ClN4O2S. The van der Waals surface area contributed by atoms with E-state index in [0.717, 1.165) is 22.6 Å². The van der Waals surface area contributed by atoms with Crippen LogP contribution in [0.25, 0.3) is 0 Å². The Bertz CT molecular complexity index is 928. The van der Waals surface area contributed by atoms with E-state index in [4.69, 9.17) is 11.6 Å². The third kappa shape index (κ3) is 7.68. The van der Waals surface area contributed by atoms with Gasteiger partial charge in [0.05, 0.1) is 5.75 Å². The number of halogens is 1. The van der Waals surface area contributed by atoms with Crippen molar-refractivity contribution >= 4 is 27.6 Å². The van der Waals surface area contributed by atoms with Gasteiger partial charge in [0.25, 0.3) is 0 Å². The monoisotopic (exact) mass is 436 g/mol. The van der Waals surface area contributed by atoms with E-state index in [9.17, 15) is 8.42 Å². The van der Waals surface area contributed by atoms with Crippen molar-refractivity contribution in [1.29, 1.82) is 0 Å². The average Bonchev–Trinajstić information content (AvgIpc) is 2.64. The topological polar surface area (TPSA) is 73.8 Å². The van der Waals surface area contributed by atoms with Gasteiger partial charge in [-0.3, -0.25) is 4.99 Å². The van der Waals surface area contributed by atoms with Crippen LogP contribution >= 0.6 is 11.6 Å². The molecule has 0 aliphatic rings. The number of aliphatic imine (C=N–C) groups is 1. The van der Waals surface area contributed by atoms with E-state index in [2.05, 4.69) is 15.0 Å². The quantitative estimate of drug-likeness (QED) is 0.491. The Morgan fingerprint density at radius 3 is 2.31 bits per heavy atom. The summed E-state index contributed by atoms with van der Waals surface area (Å²) in [5.74, 6) is 0.667. The van der Waals surface area contributed by atoms with E-state index in [0.29, 0.717) is 18.1 Å². The number of nitrogens with one attached hydrogen (secondary N) is 2. The summed E-state index contributed by atoms with van der Waals surface area (Å²) in [6.07, 6.45) is 0. The van der Waals surface area contributed by atoms with Gasteiger partial charge >= 0.3 is 0 Å². The predicted molar refractivity (Wildman–Crippen MR) is 120 cm³/mol. The van der Waals surface area contributed by atoms with Gasteiger partial charge in [-0.15, -0.1) is 0 Å². The molecule has 2 rings (SSSR count). The summed E-state index contributed by atoms with van der Waals surface area (Å²) in [7, 11) is 0.287. The lowest BCUT2D eigenvalue weighted by Gasteiger charge is -2.23. The first kappa shape index (κ1) is 23.2. The van der Waals surface area contributed by atoms with Crippen LogP contribution in [0.5, 0.6) is 0 Å². The number of hydrogen-bond acceptors (Lipinski definition) is 3. The van der Waals surface area contributed by atoms with Crippen molar-refractivity contribution < 1.29 is 8.42 Å². The molecule has 0 heterocycles. The zero-order valence-corrected chi connectivity index (χ0v) is 18.9. The Morgan fingerprint density at radius 1 is 1.10 bits per heavy atom. The maximum atomic E-state index is 12.3. The van der Waals surface area contributed by atoms with Crippen molar-refractivity contribution in [2.75, 3.05) is 14.1 Å². The van der Waals surface area contributed by atoms with Gasteiger partial charge in [0, 0.05) is 38.2 Å². The molecule has 0 spiro atoms. The highest BCUT2D eigenvalue weighted by molar-refractivity contribution is 7.88. The molecule has 0 aliphatic carbocycles. The third-order valence-electron chi connectivity index (χ3n) is 4.22. The SMILES string of the molecule is CN=C(NCc1ccccc1CS(=O)(=O)NC(C)C)N(C)Cc1ccc(Cl)cc1. The average molecular weight is 437 g/mol. The van der Waals surface area contributed by atoms with Crippen molar-refractivity contribution in [3.63, 3.8) is 0 Å². The summed E-state index contributed by atoms with van der Waals surface area (Å²) in [5, 5.41) is 4.02. The molecule has 0 aromatic heterocycles. The molecule has 0 radical (unpaired) electrons. The van der Waals surface area contributed by atoms with Gasteiger partial charge in [-0.05, 0) is 42.7 Å². The highest BCUT2D eigenvalue weighted by atomic mass is 35.5. The Kier molecular flexibility index (Phi) is 8.49. The number of benzene rings is 2. The fourth-order valence-corrected chi connectivity index (χ4v) is 4.59. The summed E-state index contributed by atoms with van der Waals surface area (Å²) >= 11 is 5.95. The van der Waals surface area contributed by atoms with Crippen molar-refractivity contribution in [2.24, 2.45) is 4.99 Å². The molecule has 2 aromatic rings. The molecule has 29 heavy (non-hydrogen) atoms. The molecule has 0 fully saturated rings. The largest absolute Gasteiger partial charge is 0.352 e. The first-order valence-electron chi connectivity index (χ1n) is 9.43. The minimum atomic E-state index is -3.39. The van der Waals surface area contributed by atoms with Crippen LogP contribution in [-0.2, 0) is 28.9 Å². The summed E-state index contributed by atoms with van der Waals surface area (Å²) in [4.78, 5) is 6.34. The molecule has 0 amide bonds. The van der Waals surface area contributed by atoms with Gasteiger partial charge in [0.1, 0.15) is 0 Å². The van der Waals surface area contributed by atoms with Gasteiger partial charge in [-0.25, -0.2) is 13.1 Å². The van der Waals surface area contributed by atoms with E-state index in [-0.39, 0.29) is 11.8 Å². The lowest BCUT2D eigenvalue weighted by Crippen LogP contribution is -2.38. The fraction of sp³-hybridized carbons (Fsp3) is 0.381. The van der Waals surface area contributed by atoms with Gasteiger partial charge in [0.15, 0.2) is 5.96 Å². The third-order valence-corrected chi connectivity index (χ3v) is 6.00. The van der Waals surface area contributed by atoms with Crippen LogP contribution in [0.1, 0.15) is 30.5 Å². The van der Waals surface area contributed by atoms with E-state index >= 15 is 0 Å². The Morgan fingerprint density at radius 2 is 1.72 bits per heavy atom. The molecule has 158 valence electrons. The maximum Gasteiger partial charge on any atom is 0.216 e. The second-order valence-electron chi connectivity index (χ2n) is 7.18. The van der Waals surface area contributed by atoms with Crippen LogP contribution in [0.4, 0.5) is 0 Å². The number of rotatable bonds is 8. The molecule has 2 N–H and O–H groups in total. The zero-order chi connectivity index (χ0) is 21.4. The first-order valence-corrected chi connectivity index (χ1v) is 11.5. The van der Waals surface area contributed by atoms with Crippen molar-refractivity contribution in [1.82, 2.24) is 14.9 Å². The molecule has 6 nitrogen and oxygen atoms in total.